The molecular weight excluding hydrogens is 284 g/mol. The summed E-state index contributed by atoms with van der Waals surface area (Å²) in [7, 11) is 1.82. The zero-order valence-corrected chi connectivity index (χ0v) is 11.8. The molecule has 0 aliphatic rings. The summed E-state index contributed by atoms with van der Waals surface area (Å²) in [6.45, 7) is 3.15. The van der Waals surface area contributed by atoms with Crippen LogP contribution in [0.15, 0.2) is 10.8 Å². The van der Waals surface area contributed by atoms with E-state index >= 15 is 0 Å². The molecule has 0 amide bonds. The fraction of sp³-hybridized carbons (Fsp3) is 0.636. The van der Waals surface area contributed by atoms with Gasteiger partial charge < -0.3 is 15.7 Å². The molecule has 1 unspecified atom stereocenters. The molecule has 1 aromatic rings. The first kappa shape index (κ1) is 14.2. The van der Waals surface area contributed by atoms with Gasteiger partial charge in [-0.15, -0.1) is 0 Å². The molecule has 6 heteroatoms. The molecule has 0 aliphatic carbocycles. The predicted octanol–water partition coefficient (Wildman–Crippen LogP) is 2.10. The standard InChI is InChI=1S/C11H19BrN4O/c1-3-8(4-5-17)6-14-11-9(12)10(13-2)15-7-16-11/h7-8,17H,3-6H2,1-2H3,(H2,13,14,15,16). The molecule has 0 bridgehead atoms. The van der Waals surface area contributed by atoms with Crippen molar-refractivity contribution >= 4 is 27.6 Å². The van der Waals surface area contributed by atoms with Crippen LogP contribution < -0.4 is 10.6 Å². The quantitative estimate of drug-likeness (QED) is 0.719. The van der Waals surface area contributed by atoms with Crippen molar-refractivity contribution in [2.24, 2.45) is 5.92 Å². The van der Waals surface area contributed by atoms with Crippen molar-refractivity contribution in [2.75, 3.05) is 30.8 Å². The monoisotopic (exact) mass is 302 g/mol. The van der Waals surface area contributed by atoms with E-state index in [-0.39, 0.29) is 6.61 Å². The minimum atomic E-state index is 0.229. The average molecular weight is 303 g/mol. The summed E-state index contributed by atoms with van der Waals surface area (Å²) in [5.41, 5.74) is 0. The Balaban J connectivity index is 2.62. The van der Waals surface area contributed by atoms with E-state index in [2.05, 4.69) is 43.5 Å². The third-order valence-corrected chi connectivity index (χ3v) is 3.45. The lowest BCUT2D eigenvalue weighted by Gasteiger charge is -2.16. The summed E-state index contributed by atoms with van der Waals surface area (Å²) in [6.07, 6.45) is 3.37. The summed E-state index contributed by atoms with van der Waals surface area (Å²) in [5.74, 6) is 2.00. The molecule has 0 saturated heterocycles. The smallest absolute Gasteiger partial charge is 0.145 e. The number of hydrogen-bond donors (Lipinski definition) is 3. The van der Waals surface area contributed by atoms with Crippen LogP contribution in [0, 0.1) is 5.92 Å². The highest BCUT2D eigenvalue weighted by molar-refractivity contribution is 9.10. The molecule has 5 nitrogen and oxygen atoms in total. The summed E-state index contributed by atoms with van der Waals surface area (Å²) >= 11 is 3.45. The van der Waals surface area contributed by atoms with Gasteiger partial charge in [0.15, 0.2) is 0 Å². The Bertz CT molecular complexity index is 348. The molecule has 0 fully saturated rings. The van der Waals surface area contributed by atoms with Crippen molar-refractivity contribution in [1.82, 2.24) is 9.97 Å². The fourth-order valence-electron chi connectivity index (χ4n) is 1.54. The number of rotatable bonds is 7. The molecule has 3 N–H and O–H groups in total. The van der Waals surface area contributed by atoms with Crippen molar-refractivity contribution in [3.05, 3.63) is 10.8 Å². The Morgan fingerprint density at radius 1 is 1.41 bits per heavy atom. The molecule has 0 aliphatic heterocycles. The molecule has 1 rings (SSSR count). The van der Waals surface area contributed by atoms with Gasteiger partial charge in [-0.2, -0.15) is 0 Å². The Morgan fingerprint density at radius 3 is 2.71 bits per heavy atom. The van der Waals surface area contributed by atoms with Gasteiger partial charge in [0.25, 0.3) is 0 Å². The van der Waals surface area contributed by atoms with Gasteiger partial charge >= 0.3 is 0 Å². The number of aromatic nitrogens is 2. The first-order valence-electron chi connectivity index (χ1n) is 5.75. The summed E-state index contributed by atoms with van der Waals surface area (Å²) in [4.78, 5) is 8.27. The van der Waals surface area contributed by atoms with E-state index < -0.39 is 0 Å². The topological polar surface area (TPSA) is 70.1 Å². The summed E-state index contributed by atoms with van der Waals surface area (Å²) < 4.78 is 0.835. The summed E-state index contributed by atoms with van der Waals surface area (Å²) in [6, 6.07) is 0. The van der Waals surface area contributed by atoms with E-state index in [1.165, 1.54) is 6.33 Å². The minimum absolute atomic E-state index is 0.229. The van der Waals surface area contributed by atoms with Gasteiger partial charge in [0.05, 0.1) is 0 Å². The van der Waals surface area contributed by atoms with E-state index in [1.54, 1.807) is 0 Å². The van der Waals surface area contributed by atoms with Crippen LogP contribution in [0.5, 0.6) is 0 Å². The summed E-state index contributed by atoms with van der Waals surface area (Å²) in [5, 5.41) is 15.2. The zero-order chi connectivity index (χ0) is 12.7. The highest BCUT2D eigenvalue weighted by Gasteiger charge is 2.10. The van der Waals surface area contributed by atoms with Crippen molar-refractivity contribution < 1.29 is 5.11 Å². The molecule has 0 spiro atoms. The van der Waals surface area contributed by atoms with Crippen molar-refractivity contribution in [1.29, 1.82) is 0 Å². The highest BCUT2D eigenvalue weighted by atomic mass is 79.9. The van der Waals surface area contributed by atoms with Crippen molar-refractivity contribution in [2.45, 2.75) is 19.8 Å². The first-order valence-corrected chi connectivity index (χ1v) is 6.55. The molecule has 96 valence electrons. The maximum Gasteiger partial charge on any atom is 0.145 e. The van der Waals surface area contributed by atoms with Crippen molar-refractivity contribution in [3.63, 3.8) is 0 Å². The Kier molecular flexibility index (Phi) is 6.21. The van der Waals surface area contributed by atoms with Crippen LogP contribution in [0.2, 0.25) is 0 Å². The molecule has 0 aromatic carbocycles. The van der Waals surface area contributed by atoms with Gasteiger partial charge in [-0.3, -0.25) is 0 Å². The predicted molar refractivity (Wildman–Crippen MR) is 73.3 cm³/mol. The lowest BCUT2D eigenvalue weighted by atomic mass is 10.0. The van der Waals surface area contributed by atoms with Crippen LogP contribution in [0.3, 0.4) is 0 Å². The van der Waals surface area contributed by atoms with Gasteiger partial charge in [0.2, 0.25) is 0 Å². The second-order valence-corrected chi connectivity index (χ2v) is 4.60. The molecular formula is C11H19BrN4O. The number of aliphatic hydroxyl groups is 1. The normalized spacial score (nSPS) is 12.2. The molecule has 1 heterocycles. The number of hydrogen-bond acceptors (Lipinski definition) is 5. The molecule has 17 heavy (non-hydrogen) atoms. The maximum atomic E-state index is 8.93. The molecule has 1 aromatic heterocycles. The molecule has 0 radical (unpaired) electrons. The Labute approximate surface area is 110 Å². The van der Waals surface area contributed by atoms with Gasteiger partial charge in [0, 0.05) is 20.2 Å². The van der Waals surface area contributed by atoms with Gasteiger partial charge in [-0.05, 0) is 28.3 Å². The van der Waals surface area contributed by atoms with Crippen LogP contribution >= 0.6 is 15.9 Å². The third-order valence-electron chi connectivity index (χ3n) is 2.70. The Morgan fingerprint density at radius 2 is 2.12 bits per heavy atom. The van der Waals surface area contributed by atoms with Crippen LogP contribution in [0.1, 0.15) is 19.8 Å². The van der Waals surface area contributed by atoms with Crippen LogP contribution in [0.4, 0.5) is 11.6 Å². The lowest BCUT2D eigenvalue weighted by molar-refractivity contribution is 0.258. The van der Waals surface area contributed by atoms with Gasteiger partial charge in [-0.25, -0.2) is 9.97 Å². The van der Waals surface area contributed by atoms with Gasteiger partial charge in [0.1, 0.15) is 22.4 Å². The number of nitrogens with zero attached hydrogens (tertiary/aromatic N) is 2. The average Bonchev–Trinajstić information content (AvgIpc) is 2.36. The number of halogens is 1. The third kappa shape index (κ3) is 4.12. The van der Waals surface area contributed by atoms with E-state index in [1.807, 2.05) is 7.05 Å². The van der Waals surface area contributed by atoms with Crippen molar-refractivity contribution in [3.8, 4) is 0 Å². The van der Waals surface area contributed by atoms with Crippen LogP contribution in [-0.4, -0.2) is 35.3 Å². The first-order chi connectivity index (χ1) is 8.22. The highest BCUT2D eigenvalue weighted by Crippen LogP contribution is 2.26. The number of anilines is 2. The molecule has 0 saturated carbocycles. The van der Waals surface area contributed by atoms with Crippen LogP contribution in [-0.2, 0) is 0 Å². The van der Waals surface area contributed by atoms with E-state index in [4.69, 9.17) is 5.11 Å². The molecule has 1 atom stereocenters. The number of aliphatic hydroxyl groups excluding tert-OH is 1. The van der Waals surface area contributed by atoms with E-state index in [9.17, 15) is 0 Å². The fourth-order valence-corrected chi connectivity index (χ4v) is 2.08. The lowest BCUT2D eigenvalue weighted by Crippen LogP contribution is -2.16. The largest absolute Gasteiger partial charge is 0.396 e. The second-order valence-electron chi connectivity index (χ2n) is 3.80. The van der Waals surface area contributed by atoms with Crippen LogP contribution in [0.25, 0.3) is 0 Å². The van der Waals surface area contributed by atoms with E-state index in [0.29, 0.717) is 5.92 Å². The zero-order valence-electron chi connectivity index (χ0n) is 10.2. The Hall–Kier alpha value is -0.880. The SMILES string of the molecule is CCC(CCO)CNc1ncnc(NC)c1Br. The second kappa shape index (κ2) is 7.45. The van der Waals surface area contributed by atoms with Gasteiger partial charge in [-0.1, -0.05) is 13.3 Å². The minimum Gasteiger partial charge on any atom is -0.396 e. The number of nitrogens with one attached hydrogen (secondary N) is 2. The maximum absolute atomic E-state index is 8.93. The van der Waals surface area contributed by atoms with E-state index in [0.717, 1.165) is 35.5 Å².